The lowest BCUT2D eigenvalue weighted by Crippen LogP contribution is -2.29. The maximum absolute atomic E-state index is 11.6. The van der Waals surface area contributed by atoms with Crippen molar-refractivity contribution in [2.24, 2.45) is 10.2 Å². The van der Waals surface area contributed by atoms with E-state index in [1.807, 2.05) is 43.3 Å². The second-order valence-electron chi connectivity index (χ2n) is 5.47. The van der Waals surface area contributed by atoms with E-state index in [9.17, 15) is 9.59 Å². The third-order valence-corrected chi connectivity index (χ3v) is 3.56. The highest BCUT2D eigenvalue weighted by molar-refractivity contribution is 6.28. The summed E-state index contributed by atoms with van der Waals surface area (Å²) in [6, 6.07) is 14.5. The van der Waals surface area contributed by atoms with Gasteiger partial charge in [-0.15, -0.1) is 0 Å². The number of hydrogen-bond acceptors (Lipinski definition) is 5. The topological polar surface area (TPSA) is 65.3 Å². The van der Waals surface area contributed by atoms with Crippen LogP contribution >= 0.6 is 0 Å². The van der Waals surface area contributed by atoms with E-state index in [-0.39, 0.29) is 11.8 Å². The van der Waals surface area contributed by atoms with Crippen LogP contribution in [0, 0.1) is 0 Å². The maximum atomic E-state index is 11.6. The Balaban J connectivity index is 1.72. The van der Waals surface area contributed by atoms with Gasteiger partial charge in [-0.2, -0.15) is 10.2 Å². The Kier molecular flexibility index (Phi) is 4.20. The van der Waals surface area contributed by atoms with Crippen LogP contribution in [0.2, 0.25) is 0 Å². The van der Waals surface area contributed by atoms with Gasteiger partial charge in [0, 0.05) is 31.9 Å². The fourth-order valence-corrected chi connectivity index (χ4v) is 2.26. The van der Waals surface area contributed by atoms with E-state index in [2.05, 4.69) is 10.2 Å². The number of nitrogens with zero attached hydrogens (tertiary/aromatic N) is 4. The van der Waals surface area contributed by atoms with Crippen LogP contribution in [-0.4, -0.2) is 25.9 Å². The van der Waals surface area contributed by atoms with Crippen molar-refractivity contribution in [1.82, 2.24) is 0 Å². The molecule has 3 rings (SSSR count). The molecule has 0 fully saturated rings. The molecule has 6 heteroatoms. The van der Waals surface area contributed by atoms with Crippen molar-refractivity contribution in [2.75, 3.05) is 23.9 Å². The molecule has 2 aromatic rings. The Labute approximate surface area is 139 Å². The number of benzene rings is 2. The Morgan fingerprint density at radius 2 is 1.21 bits per heavy atom. The van der Waals surface area contributed by atoms with Crippen LogP contribution < -0.4 is 9.80 Å². The summed E-state index contributed by atoms with van der Waals surface area (Å²) in [7, 11) is 3.95. The van der Waals surface area contributed by atoms with Crippen LogP contribution in [0.5, 0.6) is 0 Å². The summed E-state index contributed by atoms with van der Waals surface area (Å²) in [5.41, 5.74) is 3.00. The number of carbonyl (C=O) groups is 2. The Morgan fingerprint density at radius 1 is 0.750 bits per heavy atom. The largest absolute Gasteiger partial charge is 0.378 e. The molecular formula is C18H16N4O2. The number of anilines is 2. The van der Waals surface area contributed by atoms with Crippen LogP contribution in [0.4, 0.5) is 22.7 Å². The molecule has 1 heterocycles. The third-order valence-electron chi connectivity index (χ3n) is 3.56. The monoisotopic (exact) mass is 320 g/mol. The number of imide groups is 1. The van der Waals surface area contributed by atoms with Crippen molar-refractivity contribution in [3.8, 4) is 0 Å². The molecule has 0 radical (unpaired) electrons. The molecule has 0 N–H and O–H groups in total. The Bertz CT molecular complexity index is 803. The fourth-order valence-electron chi connectivity index (χ4n) is 2.26. The van der Waals surface area contributed by atoms with Gasteiger partial charge in [0.25, 0.3) is 11.8 Å². The second kappa shape index (κ2) is 6.45. The van der Waals surface area contributed by atoms with Gasteiger partial charge < -0.3 is 4.90 Å². The van der Waals surface area contributed by atoms with Crippen molar-refractivity contribution < 1.29 is 9.59 Å². The van der Waals surface area contributed by atoms with Crippen LogP contribution in [0.15, 0.2) is 70.9 Å². The fraction of sp³-hybridized carbons (Fsp3) is 0.111. The molecule has 0 saturated carbocycles. The Morgan fingerprint density at radius 3 is 1.67 bits per heavy atom. The molecule has 1 aliphatic rings. The minimum atomic E-state index is -0.338. The summed E-state index contributed by atoms with van der Waals surface area (Å²) >= 11 is 0. The average molecular weight is 320 g/mol. The van der Waals surface area contributed by atoms with Crippen molar-refractivity contribution in [3.63, 3.8) is 0 Å². The minimum Gasteiger partial charge on any atom is -0.378 e. The lowest BCUT2D eigenvalue weighted by Gasteiger charge is -2.13. The normalized spacial score (nSPS) is 14.0. The highest BCUT2D eigenvalue weighted by atomic mass is 16.2. The average Bonchev–Trinajstić information content (AvgIpc) is 2.92. The summed E-state index contributed by atoms with van der Waals surface area (Å²) < 4.78 is 0. The zero-order chi connectivity index (χ0) is 17.1. The molecule has 2 amide bonds. The molecule has 0 atom stereocenters. The molecule has 0 aliphatic carbocycles. The molecule has 6 nitrogen and oxygen atoms in total. The molecule has 2 aromatic carbocycles. The minimum absolute atomic E-state index is 0.338. The molecule has 0 saturated heterocycles. The number of carbonyl (C=O) groups excluding carboxylic acids is 2. The van der Waals surface area contributed by atoms with Gasteiger partial charge in [-0.25, -0.2) is 4.90 Å². The number of amides is 2. The molecule has 120 valence electrons. The summed E-state index contributed by atoms with van der Waals surface area (Å²) in [6.07, 6.45) is 2.51. The zero-order valence-corrected chi connectivity index (χ0v) is 13.4. The van der Waals surface area contributed by atoms with Crippen LogP contribution in [0.1, 0.15) is 0 Å². The van der Waals surface area contributed by atoms with E-state index in [0.29, 0.717) is 11.4 Å². The van der Waals surface area contributed by atoms with Crippen molar-refractivity contribution in [2.45, 2.75) is 0 Å². The van der Waals surface area contributed by atoms with Crippen molar-refractivity contribution in [1.29, 1.82) is 0 Å². The van der Waals surface area contributed by atoms with E-state index >= 15 is 0 Å². The lowest BCUT2D eigenvalue weighted by atomic mass is 10.2. The lowest BCUT2D eigenvalue weighted by molar-refractivity contribution is -0.119. The first-order valence-corrected chi connectivity index (χ1v) is 7.40. The predicted octanol–water partition coefficient (Wildman–Crippen LogP) is 3.60. The van der Waals surface area contributed by atoms with Crippen LogP contribution in [0.3, 0.4) is 0 Å². The van der Waals surface area contributed by atoms with Gasteiger partial charge >= 0.3 is 0 Å². The predicted molar refractivity (Wildman–Crippen MR) is 93.0 cm³/mol. The van der Waals surface area contributed by atoms with Gasteiger partial charge in [0.05, 0.1) is 17.1 Å². The van der Waals surface area contributed by atoms with Crippen molar-refractivity contribution >= 4 is 34.6 Å². The van der Waals surface area contributed by atoms with Crippen LogP contribution in [0.25, 0.3) is 0 Å². The van der Waals surface area contributed by atoms with E-state index in [4.69, 9.17) is 0 Å². The molecular weight excluding hydrogens is 304 g/mol. The van der Waals surface area contributed by atoms with Gasteiger partial charge in [-0.1, -0.05) is 0 Å². The molecule has 0 unspecified atom stereocenters. The van der Waals surface area contributed by atoms with Crippen molar-refractivity contribution in [3.05, 3.63) is 60.7 Å². The maximum Gasteiger partial charge on any atom is 0.258 e. The van der Waals surface area contributed by atoms with Gasteiger partial charge in [0.1, 0.15) is 0 Å². The molecule has 0 aromatic heterocycles. The van der Waals surface area contributed by atoms with Gasteiger partial charge in [-0.3, -0.25) is 9.59 Å². The standard InChI is InChI=1S/C18H16N4O2/c1-21(2)15-7-3-13(4-8-15)19-20-14-5-9-16(10-6-14)22-17(23)11-12-18(22)24/h3-12H,1-2H3. The van der Waals surface area contributed by atoms with E-state index in [0.717, 1.165) is 16.3 Å². The van der Waals surface area contributed by atoms with E-state index in [1.165, 1.54) is 12.2 Å². The summed E-state index contributed by atoms with van der Waals surface area (Å²) in [4.78, 5) is 26.4. The zero-order valence-electron chi connectivity index (χ0n) is 13.4. The summed E-state index contributed by atoms with van der Waals surface area (Å²) in [5, 5.41) is 8.34. The highest BCUT2D eigenvalue weighted by Gasteiger charge is 2.24. The first-order chi connectivity index (χ1) is 11.5. The van der Waals surface area contributed by atoms with E-state index < -0.39 is 0 Å². The quantitative estimate of drug-likeness (QED) is 0.638. The van der Waals surface area contributed by atoms with Crippen LogP contribution in [-0.2, 0) is 9.59 Å². The second-order valence-corrected chi connectivity index (χ2v) is 5.47. The summed E-state index contributed by atoms with van der Waals surface area (Å²) in [5.74, 6) is -0.675. The van der Waals surface area contributed by atoms with Gasteiger partial charge in [-0.05, 0) is 48.5 Å². The first kappa shape index (κ1) is 15.6. The third kappa shape index (κ3) is 3.22. The Hall–Kier alpha value is -3.28. The molecule has 0 spiro atoms. The first-order valence-electron chi connectivity index (χ1n) is 7.40. The van der Waals surface area contributed by atoms with Gasteiger partial charge in [0.2, 0.25) is 0 Å². The van der Waals surface area contributed by atoms with Gasteiger partial charge in [0.15, 0.2) is 0 Å². The number of azo groups is 1. The number of rotatable bonds is 4. The summed E-state index contributed by atoms with van der Waals surface area (Å²) in [6.45, 7) is 0. The SMILES string of the molecule is CN(C)c1ccc(N=Nc2ccc(N3C(=O)C=CC3=O)cc2)cc1. The van der Waals surface area contributed by atoms with E-state index in [1.54, 1.807) is 24.3 Å². The smallest absolute Gasteiger partial charge is 0.258 e. The molecule has 1 aliphatic heterocycles. The molecule has 0 bridgehead atoms. The number of hydrogen-bond donors (Lipinski definition) is 0. The highest BCUT2D eigenvalue weighted by Crippen LogP contribution is 2.25. The molecule has 24 heavy (non-hydrogen) atoms.